The van der Waals surface area contributed by atoms with Gasteiger partial charge in [-0.05, 0) is 18.1 Å². The minimum absolute atomic E-state index is 0.0472. The summed E-state index contributed by atoms with van der Waals surface area (Å²) in [5.74, 6) is -0.0472. The molecule has 1 aliphatic rings. The predicted molar refractivity (Wildman–Crippen MR) is 110 cm³/mol. The number of nitrogens with zero attached hydrogens (tertiary/aromatic N) is 1. The third-order valence-corrected chi connectivity index (χ3v) is 4.80. The van der Waals surface area contributed by atoms with Crippen LogP contribution >= 0.6 is 0 Å². The Bertz CT molecular complexity index is 855. The Kier molecular flexibility index (Phi) is 7.84. The number of ketones is 1. The zero-order valence-electron chi connectivity index (χ0n) is 16.8. The van der Waals surface area contributed by atoms with Crippen LogP contribution in [0.1, 0.15) is 24.5 Å². The van der Waals surface area contributed by atoms with Gasteiger partial charge in [0.2, 0.25) is 6.20 Å². The fourth-order valence-corrected chi connectivity index (χ4v) is 3.44. The highest BCUT2D eigenvalue weighted by atomic mass is 16.6. The van der Waals surface area contributed by atoms with Crippen LogP contribution < -0.4 is 0 Å². The summed E-state index contributed by atoms with van der Waals surface area (Å²) in [5, 5.41) is 10.8. The van der Waals surface area contributed by atoms with Crippen molar-refractivity contribution in [1.82, 2.24) is 0 Å². The Labute approximate surface area is 175 Å². The van der Waals surface area contributed by atoms with Crippen LogP contribution in [-0.4, -0.2) is 35.1 Å². The quantitative estimate of drug-likeness (QED) is 0.438. The lowest BCUT2D eigenvalue weighted by molar-refractivity contribution is -0.403. The van der Waals surface area contributed by atoms with Crippen LogP contribution in [0, 0.1) is 10.1 Å². The first-order valence-electron chi connectivity index (χ1n) is 9.80. The van der Waals surface area contributed by atoms with E-state index in [4.69, 9.17) is 14.2 Å². The standard InChI is InChI=1S/C23H25NO6/c1-17(25)14-21-23(29-16-19-10-6-3-7-11-19)22(20(30-21)12-13-24(26)27)28-15-18-8-4-2-5-9-18/h2-13,20-23H,14-16H2,1H3/b13-12+/t20-,21+,22-,23-/m0/s1. The molecule has 0 unspecified atom stereocenters. The van der Waals surface area contributed by atoms with Gasteiger partial charge in [0.25, 0.3) is 0 Å². The van der Waals surface area contributed by atoms with Crippen LogP contribution in [0.25, 0.3) is 0 Å². The fraction of sp³-hybridized carbons (Fsp3) is 0.348. The van der Waals surface area contributed by atoms with E-state index in [1.54, 1.807) is 0 Å². The van der Waals surface area contributed by atoms with Crippen molar-refractivity contribution >= 4 is 5.78 Å². The minimum atomic E-state index is -0.691. The van der Waals surface area contributed by atoms with E-state index in [0.717, 1.165) is 17.3 Å². The highest BCUT2D eigenvalue weighted by Crippen LogP contribution is 2.31. The van der Waals surface area contributed by atoms with Crippen LogP contribution in [0.3, 0.4) is 0 Å². The van der Waals surface area contributed by atoms with Gasteiger partial charge in [-0.15, -0.1) is 0 Å². The molecule has 1 fully saturated rings. The summed E-state index contributed by atoms with van der Waals surface area (Å²) in [4.78, 5) is 22.1. The molecule has 1 saturated heterocycles. The van der Waals surface area contributed by atoms with Crippen molar-refractivity contribution in [2.24, 2.45) is 0 Å². The lowest BCUT2D eigenvalue weighted by Gasteiger charge is -2.24. The van der Waals surface area contributed by atoms with Crippen molar-refractivity contribution < 1.29 is 23.9 Å². The van der Waals surface area contributed by atoms with Gasteiger partial charge >= 0.3 is 0 Å². The maximum absolute atomic E-state index is 11.8. The molecule has 3 rings (SSSR count). The number of rotatable bonds is 10. The molecular formula is C23H25NO6. The van der Waals surface area contributed by atoms with Crippen molar-refractivity contribution in [2.45, 2.75) is 51.0 Å². The molecule has 158 valence electrons. The molecule has 0 bridgehead atoms. The molecule has 2 aromatic rings. The van der Waals surface area contributed by atoms with E-state index in [0.29, 0.717) is 13.2 Å². The van der Waals surface area contributed by atoms with Gasteiger partial charge in [-0.2, -0.15) is 0 Å². The molecule has 0 aromatic heterocycles. The van der Waals surface area contributed by atoms with E-state index in [-0.39, 0.29) is 12.2 Å². The number of nitro groups is 1. The Hall–Kier alpha value is -2.87. The average Bonchev–Trinajstić information content (AvgIpc) is 3.06. The smallest absolute Gasteiger partial charge is 0.233 e. The first-order valence-corrected chi connectivity index (χ1v) is 9.80. The van der Waals surface area contributed by atoms with Gasteiger partial charge in [0.15, 0.2) is 0 Å². The van der Waals surface area contributed by atoms with Crippen molar-refractivity contribution in [3.05, 3.63) is 94.2 Å². The molecule has 4 atom stereocenters. The topological polar surface area (TPSA) is 87.9 Å². The van der Waals surface area contributed by atoms with Crippen LogP contribution in [0.4, 0.5) is 0 Å². The average molecular weight is 411 g/mol. The number of ether oxygens (including phenoxy) is 3. The fourth-order valence-electron chi connectivity index (χ4n) is 3.44. The molecule has 0 aliphatic carbocycles. The Morgan fingerprint density at radius 3 is 2.03 bits per heavy atom. The van der Waals surface area contributed by atoms with Crippen molar-refractivity contribution in [2.75, 3.05) is 0 Å². The van der Waals surface area contributed by atoms with Gasteiger partial charge in [0.05, 0.1) is 24.2 Å². The molecule has 7 heteroatoms. The number of carbonyl (C=O) groups is 1. The number of Topliss-reactive ketones (excluding diaryl/α,β-unsaturated/α-hetero) is 1. The van der Waals surface area contributed by atoms with Crippen molar-refractivity contribution in [3.8, 4) is 0 Å². The lowest BCUT2D eigenvalue weighted by Crippen LogP contribution is -2.37. The third-order valence-electron chi connectivity index (χ3n) is 4.80. The van der Waals surface area contributed by atoms with Crippen molar-refractivity contribution in [1.29, 1.82) is 0 Å². The molecule has 30 heavy (non-hydrogen) atoms. The molecule has 7 nitrogen and oxygen atoms in total. The number of hydrogen-bond acceptors (Lipinski definition) is 6. The van der Waals surface area contributed by atoms with Gasteiger partial charge in [-0.1, -0.05) is 60.7 Å². The van der Waals surface area contributed by atoms with Crippen LogP contribution in [0.15, 0.2) is 72.9 Å². The van der Waals surface area contributed by atoms with Gasteiger partial charge in [-0.3, -0.25) is 14.9 Å². The Morgan fingerprint density at radius 1 is 1.00 bits per heavy atom. The minimum Gasteiger partial charge on any atom is -0.368 e. The van der Waals surface area contributed by atoms with Crippen molar-refractivity contribution in [3.63, 3.8) is 0 Å². The van der Waals surface area contributed by atoms with E-state index >= 15 is 0 Å². The monoisotopic (exact) mass is 411 g/mol. The molecule has 0 spiro atoms. The first-order chi connectivity index (χ1) is 14.5. The summed E-state index contributed by atoms with van der Waals surface area (Å²) in [6, 6.07) is 19.3. The second-order valence-electron chi connectivity index (χ2n) is 7.19. The molecule has 1 heterocycles. The number of benzene rings is 2. The maximum atomic E-state index is 11.8. The summed E-state index contributed by atoms with van der Waals surface area (Å²) < 4.78 is 18.2. The summed E-state index contributed by atoms with van der Waals surface area (Å²) in [5.41, 5.74) is 1.94. The van der Waals surface area contributed by atoms with E-state index in [2.05, 4.69) is 0 Å². The SMILES string of the molecule is CC(=O)C[C@H]1O[C@@H](/C=C/[N+](=O)[O-])[C@H](OCc2ccccc2)[C@H]1OCc1ccccc1. The molecule has 1 aliphatic heterocycles. The highest BCUT2D eigenvalue weighted by molar-refractivity contribution is 5.76. The largest absolute Gasteiger partial charge is 0.368 e. The number of hydrogen-bond donors (Lipinski definition) is 0. The van der Waals surface area contributed by atoms with Crippen LogP contribution in [0.2, 0.25) is 0 Å². The first kappa shape index (κ1) is 21.8. The van der Waals surface area contributed by atoms with Gasteiger partial charge in [0.1, 0.15) is 24.1 Å². The molecular weight excluding hydrogens is 386 g/mol. The molecule has 0 N–H and O–H groups in total. The molecule has 0 amide bonds. The Balaban J connectivity index is 1.79. The molecule has 0 saturated carbocycles. The zero-order valence-corrected chi connectivity index (χ0v) is 16.8. The van der Waals surface area contributed by atoms with E-state index < -0.39 is 29.3 Å². The van der Waals surface area contributed by atoms with E-state index in [1.165, 1.54) is 13.0 Å². The predicted octanol–water partition coefficient (Wildman–Crippen LogP) is 3.69. The third kappa shape index (κ3) is 6.32. The Morgan fingerprint density at radius 2 is 1.53 bits per heavy atom. The van der Waals surface area contributed by atoms with E-state index in [9.17, 15) is 14.9 Å². The van der Waals surface area contributed by atoms with Crippen LogP contribution in [0.5, 0.6) is 0 Å². The second kappa shape index (κ2) is 10.8. The second-order valence-corrected chi connectivity index (χ2v) is 7.19. The van der Waals surface area contributed by atoms with Gasteiger partial charge in [-0.25, -0.2) is 0 Å². The maximum Gasteiger partial charge on any atom is 0.233 e. The molecule has 2 aromatic carbocycles. The van der Waals surface area contributed by atoms with Crippen LogP contribution in [-0.2, 0) is 32.2 Å². The zero-order chi connectivity index (χ0) is 21.3. The summed E-state index contributed by atoms with van der Waals surface area (Å²) in [6.45, 7) is 2.10. The lowest BCUT2D eigenvalue weighted by atomic mass is 10.0. The van der Waals surface area contributed by atoms with Gasteiger partial charge in [0, 0.05) is 12.5 Å². The summed E-state index contributed by atoms with van der Waals surface area (Å²) >= 11 is 0. The number of carbonyl (C=O) groups excluding carboxylic acids is 1. The normalized spacial score (nSPS) is 23.6. The van der Waals surface area contributed by atoms with E-state index in [1.807, 2.05) is 60.7 Å². The highest BCUT2D eigenvalue weighted by Gasteiger charge is 2.46. The molecule has 0 radical (unpaired) electrons. The van der Waals surface area contributed by atoms with Gasteiger partial charge < -0.3 is 14.2 Å². The summed E-state index contributed by atoms with van der Waals surface area (Å²) in [6.07, 6.45) is -0.0258. The summed E-state index contributed by atoms with van der Waals surface area (Å²) in [7, 11) is 0.